The van der Waals surface area contributed by atoms with Gasteiger partial charge in [-0.3, -0.25) is 9.71 Å². The first kappa shape index (κ1) is 24.8. The van der Waals surface area contributed by atoms with Gasteiger partial charge in [0.15, 0.2) is 5.11 Å². The molecule has 0 unspecified atom stereocenters. The number of nitrogens with zero attached hydrogens (tertiary/aromatic N) is 3. The molecule has 1 aliphatic heterocycles. The van der Waals surface area contributed by atoms with Gasteiger partial charge >= 0.3 is 0 Å². The Hall–Kier alpha value is -3.89. The summed E-state index contributed by atoms with van der Waals surface area (Å²) in [5.41, 5.74) is 5.81. The molecule has 37 heavy (non-hydrogen) atoms. The van der Waals surface area contributed by atoms with E-state index in [2.05, 4.69) is 21.1 Å². The van der Waals surface area contributed by atoms with Crippen molar-refractivity contribution in [2.24, 2.45) is 0 Å². The fourth-order valence-corrected chi connectivity index (χ4v) is 5.87. The van der Waals surface area contributed by atoms with Crippen LogP contribution in [0.3, 0.4) is 0 Å². The number of para-hydroxylation sites is 2. The number of anilines is 2. The molecule has 190 valence electrons. The zero-order valence-electron chi connectivity index (χ0n) is 20.6. The number of nitrogens with one attached hydrogen (secondary N) is 2. The maximum atomic E-state index is 11.7. The summed E-state index contributed by atoms with van der Waals surface area (Å²) in [6.07, 6.45) is 2.88. The predicted octanol–water partition coefficient (Wildman–Crippen LogP) is 4.74. The van der Waals surface area contributed by atoms with Crippen molar-refractivity contribution in [2.75, 3.05) is 15.9 Å². The molecule has 1 saturated heterocycles. The van der Waals surface area contributed by atoms with Crippen LogP contribution in [0.25, 0.3) is 5.69 Å². The molecule has 5 rings (SSSR count). The number of hydrogen-bond acceptors (Lipinski definition) is 5. The average Bonchev–Trinajstić information content (AvgIpc) is 3.35. The zero-order chi connectivity index (χ0) is 26.3. The van der Waals surface area contributed by atoms with E-state index < -0.39 is 10.0 Å². The molecule has 8 nitrogen and oxygen atoms in total. The molecular formula is C27H27N5O3S2. The Labute approximate surface area is 221 Å². The fraction of sp³-hybridized carbons (Fsp3) is 0.185. The van der Waals surface area contributed by atoms with E-state index in [1.807, 2.05) is 65.8 Å². The molecule has 1 fully saturated rings. The van der Waals surface area contributed by atoms with Gasteiger partial charge in [-0.15, -0.1) is 0 Å². The van der Waals surface area contributed by atoms with Gasteiger partial charge in [-0.05, 0) is 86.2 Å². The van der Waals surface area contributed by atoms with Crippen molar-refractivity contribution < 1.29 is 13.5 Å². The van der Waals surface area contributed by atoms with Gasteiger partial charge in [-0.25, -0.2) is 8.42 Å². The van der Waals surface area contributed by atoms with Gasteiger partial charge in [0.1, 0.15) is 5.75 Å². The number of aromatic nitrogens is 2. The fourth-order valence-electron chi connectivity index (χ4n) is 4.96. The lowest BCUT2D eigenvalue weighted by Crippen LogP contribution is -2.29. The van der Waals surface area contributed by atoms with Gasteiger partial charge in [0.05, 0.1) is 29.7 Å². The van der Waals surface area contributed by atoms with Gasteiger partial charge < -0.3 is 19.9 Å². The van der Waals surface area contributed by atoms with Crippen LogP contribution in [0, 0.1) is 13.8 Å². The van der Waals surface area contributed by atoms with Crippen LogP contribution < -0.4 is 14.9 Å². The number of benzene rings is 2. The van der Waals surface area contributed by atoms with Gasteiger partial charge in [0, 0.05) is 29.0 Å². The number of aryl methyl sites for hydroxylation is 1. The number of aromatic hydroxyl groups is 1. The highest BCUT2D eigenvalue weighted by Crippen LogP contribution is 2.44. The van der Waals surface area contributed by atoms with Crippen LogP contribution in [-0.4, -0.2) is 34.4 Å². The van der Waals surface area contributed by atoms with E-state index in [4.69, 9.17) is 12.2 Å². The summed E-state index contributed by atoms with van der Waals surface area (Å²) in [6.45, 7) is 4.04. The van der Waals surface area contributed by atoms with Gasteiger partial charge in [0.25, 0.3) is 0 Å². The number of hydrogen-bond donors (Lipinski definition) is 3. The molecule has 0 bridgehead atoms. The first-order valence-corrected chi connectivity index (χ1v) is 14.0. The molecule has 0 radical (unpaired) electrons. The third kappa shape index (κ3) is 4.77. The molecule has 3 N–H and O–H groups in total. The Morgan fingerprint density at radius 1 is 1.03 bits per heavy atom. The minimum absolute atomic E-state index is 0.197. The maximum absolute atomic E-state index is 11.7. The number of rotatable bonds is 6. The van der Waals surface area contributed by atoms with Gasteiger partial charge in [-0.2, -0.15) is 0 Å². The highest BCUT2D eigenvalue weighted by Gasteiger charge is 2.42. The number of pyridine rings is 1. The molecule has 0 saturated carbocycles. The summed E-state index contributed by atoms with van der Waals surface area (Å²) in [4.78, 5) is 6.65. The topological polar surface area (TPSA) is 99.5 Å². The van der Waals surface area contributed by atoms with Crippen LogP contribution >= 0.6 is 12.2 Å². The Balaban J connectivity index is 1.64. The minimum Gasteiger partial charge on any atom is -0.506 e. The van der Waals surface area contributed by atoms with Crippen LogP contribution in [0.2, 0.25) is 0 Å². The van der Waals surface area contributed by atoms with Crippen LogP contribution in [0.15, 0.2) is 79.0 Å². The Kier molecular flexibility index (Phi) is 6.38. The van der Waals surface area contributed by atoms with Gasteiger partial charge in [0.2, 0.25) is 10.0 Å². The monoisotopic (exact) mass is 533 g/mol. The first-order valence-electron chi connectivity index (χ1n) is 11.7. The van der Waals surface area contributed by atoms with E-state index in [-0.39, 0.29) is 17.8 Å². The summed E-state index contributed by atoms with van der Waals surface area (Å²) in [6, 6.07) is 21.8. The normalized spacial score (nSPS) is 17.6. The number of sulfonamides is 1. The van der Waals surface area contributed by atoms with E-state index in [1.165, 1.54) is 0 Å². The Morgan fingerprint density at radius 3 is 2.38 bits per heavy atom. The molecule has 2 aromatic heterocycles. The van der Waals surface area contributed by atoms with Gasteiger partial charge in [-0.1, -0.05) is 18.2 Å². The van der Waals surface area contributed by atoms with E-state index in [0.717, 1.165) is 34.6 Å². The third-order valence-electron chi connectivity index (χ3n) is 6.46. The molecule has 1 aliphatic rings. The number of thiocarbonyl (C=S) groups is 1. The van der Waals surface area contributed by atoms with Crippen LogP contribution in [0.4, 0.5) is 11.4 Å². The Morgan fingerprint density at radius 2 is 1.73 bits per heavy atom. The molecule has 10 heteroatoms. The third-order valence-corrected chi connectivity index (χ3v) is 7.38. The highest BCUT2D eigenvalue weighted by atomic mass is 32.2. The van der Waals surface area contributed by atoms with E-state index in [0.29, 0.717) is 16.5 Å². The van der Waals surface area contributed by atoms with Crippen molar-refractivity contribution >= 4 is 38.7 Å². The minimum atomic E-state index is -3.39. The standard InChI is InChI=1S/C27H27N5O3S2/c1-17-16-21(18(2)31(17)23-9-4-5-10-24(23)33)26-25(22-8-6-7-15-28-22)29-27(36)32(26)20-13-11-19(12-14-20)30-37(3,34)35/h4-16,25-26,30,33H,1-3H3,(H,29,36)/t25-,26-/m1/s1. The van der Waals surface area contributed by atoms with E-state index in [1.54, 1.807) is 30.5 Å². The Bertz CT molecular complexity index is 1570. The summed E-state index contributed by atoms with van der Waals surface area (Å²) in [5, 5.41) is 14.6. The smallest absolute Gasteiger partial charge is 0.229 e. The second-order valence-corrected chi connectivity index (χ2v) is 11.2. The summed E-state index contributed by atoms with van der Waals surface area (Å²) < 4.78 is 27.9. The van der Waals surface area contributed by atoms with Crippen molar-refractivity contribution in [3.63, 3.8) is 0 Å². The lowest BCUT2D eigenvalue weighted by Gasteiger charge is -2.28. The predicted molar refractivity (Wildman–Crippen MR) is 150 cm³/mol. The van der Waals surface area contributed by atoms with Crippen LogP contribution in [0.1, 0.15) is 34.7 Å². The first-order chi connectivity index (χ1) is 17.6. The molecule has 0 aliphatic carbocycles. The average molecular weight is 534 g/mol. The molecular weight excluding hydrogens is 506 g/mol. The maximum Gasteiger partial charge on any atom is 0.229 e. The number of phenols is 1. The van der Waals surface area contributed by atoms with Crippen LogP contribution in [0.5, 0.6) is 5.75 Å². The largest absolute Gasteiger partial charge is 0.506 e. The SMILES string of the molecule is Cc1cc([C@@H]2[C@@H](c3ccccn3)NC(=S)N2c2ccc(NS(C)(=O)=O)cc2)c(C)n1-c1ccccc1O. The molecule has 0 amide bonds. The molecule has 0 spiro atoms. The lowest BCUT2D eigenvalue weighted by molar-refractivity contribution is 0.471. The molecule has 2 atom stereocenters. The van der Waals surface area contributed by atoms with Crippen molar-refractivity contribution in [1.29, 1.82) is 0 Å². The van der Waals surface area contributed by atoms with Crippen LogP contribution in [-0.2, 0) is 10.0 Å². The molecule has 4 aromatic rings. The van der Waals surface area contributed by atoms with E-state index >= 15 is 0 Å². The highest BCUT2D eigenvalue weighted by molar-refractivity contribution is 7.92. The molecule has 2 aromatic carbocycles. The summed E-state index contributed by atoms with van der Waals surface area (Å²) in [5.74, 6) is 0.197. The lowest BCUT2D eigenvalue weighted by atomic mass is 9.96. The summed E-state index contributed by atoms with van der Waals surface area (Å²) in [7, 11) is -3.39. The second kappa shape index (κ2) is 9.53. The quantitative estimate of drug-likeness (QED) is 0.308. The van der Waals surface area contributed by atoms with Crippen molar-refractivity contribution in [2.45, 2.75) is 25.9 Å². The van der Waals surface area contributed by atoms with Crippen molar-refractivity contribution in [1.82, 2.24) is 14.9 Å². The zero-order valence-corrected chi connectivity index (χ0v) is 22.2. The molecule has 3 heterocycles. The van der Waals surface area contributed by atoms with E-state index in [9.17, 15) is 13.5 Å². The second-order valence-electron chi connectivity index (χ2n) is 9.07. The summed E-state index contributed by atoms with van der Waals surface area (Å²) >= 11 is 5.82. The van der Waals surface area contributed by atoms with Crippen molar-refractivity contribution in [3.8, 4) is 11.4 Å². The number of phenolic OH excluding ortho intramolecular Hbond substituents is 1. The van der Waals surface area contributed by atoms with Crippen molar-refractivity contribution in [3.05, 3.63) is 102 Å².